The van der Waals surface area contributed by atoms with Crippen LogP contribution < -0.4 is 5.32 Å². The van der Waals surface area contributed by atoms with E-state index >= 15 is 0 Å². The fourth-order valence-electron chi connectivity index (χ4n) is 5.49. The van der Waals surface area contributed by atoms with E-state index in [1.807, 2.05) is 11.8 Å². The van der Waals surface area contributed by atoms with Crippen molar-refractivity contribution in [1.29, 1.82) is 0 Å². The Balaban J connectivity index is 1.71. The average molecular weight is 732 g/mol. The third-order valence-corrected chi connectivity index (χ3v) is 8.85. The molecule has 3 rings (SSSR count). The predicted molar refractivity (Wildman–Crippen MR) is 172 cm³/mol. The van der Waals surface area contributed by atoms with Gasteiger partial charge in [-0.3, -0.25) is 9.69 Å². The smallest absolute Gasteiger partial charge is 0.393 e. The van der Waals surface area contributed by atoms with Crippen LogP contribution in [0, 0.1) is 5.92 Å². The molecule has 0 radical (unpaired) electrons. The maximum absolute atomic E-state index is 13.4. The molecule has 48 heavy (non-hydrogen) atoms. The van der Waals surface area contributed by atoms with Gasteiger partial charge in [0.05, 0.1) is 48.0 Å². The van der Waals surface area contributed by atoms with Crippen molar-refractivity contribution >= 4 is 34.8 Å². The van der Waals surface area contributed by atoms with Crippen LogP contribution in [-0.4, -0.2) is 111 Å². The van der Waals surface area contributed by atoms with E-state index in [4.69, 9.17) is 32.8 Å². The maximum atomic E-state index is 13.4. The summed E-state index contributed by atoms with van der Waals surface area (Å²) in [5.41, 5.74) is -0.601. The number of amides is 1. The first-order valence-corrected chi connectivity index (χ1v) is 16.6. The van der Waals surface area contributed by atoms with Crippen molar-refractivity contribution in [2.75, 3.05) is 72.2 Å². The molecule has 1 amide bonds. The third-order valence-electron chi connectivity index (χ3n) is 8.11. The molecule has 0 saturated carbocycles. The average Bonchev–Trinajstić information content (AvgIpc) is 3.58. The van der Waals surface area contributed by atoms with Gasteiger partial charge in [0.2, 0.25) is 5.91 Å². The minimum absolute atomic E-state index is 0.112. The second-order valence-electron chi connectivity index (χ2n) is 11.6. The SMILES string of the molecule is CCN(CCNCCC(/C(COCC1=CC(C(F)(F)F)CC(C(F)(F)F)=C1)=N/OCCO)c1ccc(Cl)c(Cl)c1)CC(=O)N1CCCC1. The summed E-state index contributed by atoms with van der Waals surface area (Å²) >= 11 is 12.4. The van der Waals surface area contributed by atoms with Gasteiger partial charge < -0.3 is 24.9 Å². The number of ether oxygens (including phenoxy) is 1. The molecule has 2 N–H and O–H groups in total. The fraction of sp³-hybridized carbons (Fsp3) is 0.625. The fourth-order valence-corrected chi connectivity index (χ4v) is 5.79. The minimum Gasteiger partial charge on any atom is -0.393 e. The predicted octanol–water partition coefficient (Wildman–Crippen LogP) is 6.38. The van der Waals surface area contributed by atoms with Gasteiger partial charge >= 0.3 is 12.4 Å². The number of nitrogens with one attached hydrogen (secondary N) is 1. The van der Waals surface area contributed by atoms with Crippen LogP contribution in [0.25, 0.3) is 0 Å². The highest BCUT2D eigenvalue weighted by molar-refractivity contribution is 6.42. The van der Waals surface area contributed by atoms with Crippen molar-refractivity contribution in [2.24, 2.45) is 11.1 Å². The van der Waals surface area contributed by atoms with Crippen molar-refractivity contribution in [3.05, 3.63) is 57.1 Å². The van der Waals surface area contributed by atoms with Gasteiger partial charge in [0.15, 0.2) is 0 Å². The summed E-state index contributed by atoms with van der Waals surface area (Å²) in [5, 5.41) is 17.3. The molecule has 1 aromatic rings. The monoisotopic (exact) mass is 730 g/mol. The molecule has 8 nitrogen and oxygen atoms in total. The number of nitrogens with zero attached hydrogens (tertiary/aromatic N) is 3. The maximum Gasteiger partial charge on any atom is 0.412 e. The zero-order chi connectivity index (χ0) is 35.3. The van der Waals surface area contributed by atoms with Crippen molar-refractivity contribution in [2.45, 2.75) is 50.9 Å². The molecule has 1 aromatic carbocycles. The van der Waals surface area contributed by atoms with Crippen LogP contribution in [0.3, 0.4) is 0 Å². The van der Waals surface area contributed by atoms with E-state index in [1.165, 1.54) is 0 Å². The number of aliphatic hydroxyl groups is 1. The number of alkyl halides is 6. The number of rotatable bonds is 18. The van der Waals surface area contributed by atoms with Crippen molar-refractivity contribution in [1.82, 2.24) is 15.1 Å². The highest BCUT2D eigenvalue weighted by atomic mass is 35.5. The minimum atomic E-state index is -4.92. The van der Waals surface area contributed by atoms with Crippen LogP contribution >= 0.6 is 23.2 Å². The first-order chi connectivity index (χ1) is 22.7. The number of hydrogen-bond acceptors (Lipinski definition) is 7. The lowest BCUT2D eigenvalue weighted by atomic mass is 9.89. The van der Waals surface area contributed by atoms with Gasteiger partial charge in [-0.25, -0.2) is 0 Å². The van der Waals surface area contributed by atoms with E-state index in [9.17, 15) is 36.2 Å². The summed E-state index contributed by atoms with van der Waals surface area (Å²) in [4.78, 5) is 21.7. The van der Waals surface area contributed by atoms with Crippen molar-refractivity contribution in [3.8, 4) is 0 Å². The van der Waals surface area contributed by atoms with E-state index in [2.05, 4.69) is 15.4 Å². The molecular weight excluding hydrogens is 689 g/mol. The normalized spacial score (nSPS) is 18.3. The molecule has 1 aliphatic heterocycles. The summed E-state index contributed by atoms with van der Waals surface area (Å²) in [6.45, 7) is 4.90. The molecule has 16 heteroatoms. The number of hydrogen-bond donors (Lipinski definition) is 2. The molecule has 1 aliphatic carbocycles. The highest BCUT2D eigenvalue weighted by Crippen LogP contribution is 2.41. The summed E-state index contributed by atoms with van der Waals surface area (Å²) < 4.78 is 86.2. The molecule has 1 heterocycles. The van der Waals surface area contributed by atoms with Crippen LogP contribution in [-0.2, 0) is 14.4 Å². The van der Waals surface area contributed by atoms with Gasteiger partial charge in [-0.2, -0.15) is 26.3 Å². The molecule has 0 aromatic heterocycles. The lowest BCUT2D eigenvalue weighted by Crippen LogP contribution is -2.41. The summed E-state index contributed by atoms with van der Waals surface area (Å²) in [7, 11) is 0. The molecule has 2 aliphatic rings. The molecule has 1 fully saturated rings. The van der Waals surface area contributed by atoms with Crippen molar-refractivity contribution < 1.29 is 45.8 Å². The van der Waals surface area contributed by atoms with Crippen LogP contribution in [0.4, 0.5) is 26.3 Å². The molecule has 0 spiro atoms. The van der Waals surface area contributed by atoms with Gasteiger partial charge in [0.25, 0.3) is 0 Å². The van der Waals surface area contributed by atoms with Crippen LogP contribution in [0.5, 0.6) is 0 Å². The third kappa shape index (κ3) is 12.8. The van der Waals surface area contributed by atoms with Crippen LogP contribution in [0.2, 0.25) is 10.0 Å². The molecule has 2 unspecified atom stereocenters. The standard InChI is InChI=1S/C32H42Cl2F6N4O4/c1-2-43(19-30(46)44-10-3-4-11-44)12-9-41-8-7-26(23-5-6-27(33)28(34)17-23)29(42-48-14-13-45)21-47-20-22-15-24(31(35,36)37)18-25(16-22)32(38,39)40/h5-6,15-17,24,26,41,45H,2-4,7-14,18-21H2,1H3/b42-29+. The highest BCUT2D eigenvalue weighted by Gasteiger charge is 2.45. The van der Waals surface area contributed by atoms with E-state index in [1.54, 1.807) is 18.2 Å². The quantitative estimate of drug-likeness (QED) is 0.0790. The Hall–Kier alpha value is -2.36. The molecule has 270 valence electrons. The zero-order valence-electron chi connectivity index (χ0n) is 26.7. The first-order valence-electron chi connectivity index (χ1n) is 15.8. The second-order valence-corrected chi connectivity index (χ2v) is 12.4. The van der Waals surface area contributed by atoms with Crippen molar-refractivity contribution in [3.63, 3.8) is 0 Å². The lowest BCUT2D eigenvalue weighted by Gasteiger charge is -2.25. The lowest BCUT2D eigenvalue weighted by molar-refractivity contribution is -0.166. The number of benzene rings is 1. The second kappa shape index (κ2) is 19.1. The number of oxime groups is 1. The Morgan fingerprint density at radius 3 is 2.50 bits per heavy atom. The van der Waals surface area contributed by atoms with E-state index in [0.717, 1.165) is 32.0 Å². The number of halogens is 8. The van der Waals surface area contributed by atoms with E-state index < -0.39 is 42.8 Å². The number of carbonyl (C=O) groups excluding carboxylic acids is 1. The first kappa shape index (κ1) is 40.1. The van der Waals surface area contributed by atoms with Gasteiger partial charge in [-0.1, -0.05) is 47.4 Å². The van der Waals surface area contributed by atoms with Gasteiger partial charge in [-0.15, -0.1) is 0 Å². The molecule has 0 bridgehead atoms. The summed E-state index contributed by atoms with van der Waals surface area (Å²) in [6.07, 6.45) is -7.09. The van der Waals surface area contributed by atoms with E-state index in [0.29, 0.717) is 55.8 Å². The Kier molecular flexibility index (Phi) is 16.0. The Morgan fingerprint density at radius 2 is 1.88 bits per heavy atom. The molecular formula is C32H42Cl2F6N4O4. The number of allylic oxidation sites excluding steroid dienone is 2. The van der Waals surface area contributed by atoms with Crippen LogP contribution in [0.15, 0.2) is 46.7 Å². The van der Waals surface area contributed by atoms with Gasteiger partial charge in [0.1, 0.15) is 6.61 Å². The molecule has 1 saturated heterocycles. The largest absolute Gasteiger partial charge is 0.412 e. The summed E-state index contributed by atoms with van der Waals surface area (Å²) in [6, 6.07) is 4.95. The van der Waals surface area contributed by atoms with Gasteiger partial charge in [0, 0.05) is 37.7 Å². The molecule has 2 atom stereocenters. The topological polar surface area (TPSA) is 86.6 Å². The van der Waals surface area contributed by atoms with E-state index in [-0.39, 0.29) is 42.0 Å². The number of likely N-dealkylation sites (tertiary alicyclic amines) is 1. The number of aliphatic hydroxyl groups excluding tert-OH is 1. The van der Waals surface area contributed by atoms with Gasteiger partial charge in [-0.05, 0) is 68.1 Å². The number of likely N-dealkylation sites (N-methyl/N-ethyl adjacent to an activating group) is 1. The zero-order valence-corrected chi connectivity index (χ0v) is 28.2. The number of carbonyl (C=O) groups is 1. The Morgan fingerprint density at radius 1 is 1.15 bits per heavy atom. The summed E-state index contributed by atoms with van der Waals surface area (Å²) in [5.74, 6) is -2.70. The Bertz CT molecular complexity index is 1290. The van der Waals surface area contributed by atoms with Crippen LogP contribution in [0.1, 0.15) is 44.1 Å². The Labute approximate surface area is 286 Å².